The van der Waals surface area contributed by atoms with E-state index in [-0.39, 0.29) is 18.0 Å². The molecule has 4 rings (SSSR count). The largest absolute Gasteiger partial charge is 0.487 e. The van der Waals surface area contributed by atoms with E-state index in [2.05, 4.69) is 10.6 Å². The van der Waals surface area contributed by atoms with E-state index in [1.165, 1.54) is 6.07 Å². The van der Waals surface area contributed by atoms with Crippen molar-refractivity contribution >= 4 is 11.8 Å². The third kappa shape index (κ3) is 4.88. The highest BCUT2D eigenvalue weighted by Crippen LogP contribution is 2.42. The van der Waals surface area contributed by atoms with Crippen molar-refractivity contribution in [1.29, 1.82) is 0 Å². The minimum Gasteiger partial charge on any atom is -0.487 e. The van der Waals surface area contributed by atoms with Gasteiger partial charge in [-0.25, -0.2) is 4.79 Å². The summed E-state index contributed by atoms with van der Waals surface area (Å²) in [4.78, 5) is 23.4. The van der Waals surface area contributed by atoms with Gasteiger partial charge in [-0.1, -0.05) is 30.3 Å². The number of benzene rings is 2. The Morgan fingerprint density at radius 3 is 2.81 bits per heavy atom. The van der Waals surface area contributed by atoms with Crippen molar-refractivity contribution < 1.29 is 23.9 Å². The minimum atomic E-state index is -0.570. The standard InChI is InChI=1S/C22H25N3O6/c1-22(2)10-15-8-17(25(27)28)19(9-18(15)31-22)30-20-12-23-11-16(20)24-21(26)29-13-14-6-4-3-5-7-14/h3-9,16,20,23H,10-13H2,1-2H3,(H,24,26). The minimum absolute atomic E-state index is 0.114. The van der Waals surface area contributed by atoms with Gasteiger partial charge in [0.2, 0.25) is 5.75 Å². The van der Waals surface area contributed by atoms with Crippen LogP contribution in [0.4, 0.5) is 10.5 Å². The van der Waals surface area contributed by atoms with Crippen LogP contribution in [0.5, 0.6) is 11.5 Å². The highest BCUT2D eigenvalue weighted by molar-refractivity contribution is 5.68. The summed E-state index contributed by atoms with van der Waals surface area (Å²) >= 11 is 0. The monoisotopic (exact) mass is 427 g/mol. The summed E-state index contributed by atoms with van der Waals surface area (Å²) in [6.07, 6.45) is -0.471. The third-order valence-electron chi connectivity index (χ3n) is 5.29. The van der Waals surface area contributed by atoms with Gasteiger partial charge in [-0.3, -0.25) is 10.1 Å². The second kappa shape index (κ2) is 8.43. The average Bonchev–Trinajstić information content (AvgIpc) is 3.28. The SMILES string of the molecule is CC1(C)Cc2cc([N+](=O)[O-])c(OC3CNCC3NC(=O)OCc3ccccc3)cc2O1. The lowest BCUT2D eigenvalue weighted by atomic mass is 10.0. The summed E-state index contributed by atoms with van der Waals surface area (Å²) in [5, 5.41) is 17.5. The van der Waals surface area contributed by atoms with Gasteiger partial charge in [0.15, 0.2) is 0 Å². The lowest BCUT2D eigenvalue weighted by Gasteiger charge is -2.21. The molecule has 2 aliphatic rings. The molecule has 0 saturated carbocycles. The molecule has 2 heterocycles. The van der Waals surface area contributed by atoms with Gasteiger partial charge in [0.25, 0.3) is 0 Å². The number of hydrogen-bond donors (Lipinski definition) is 2. The number of nitro groups is 1. The molecule has 2 N–H and O–H groups in total. The molecular weight excluding hydrogens is 402 g/mol. The van der Waals surface area contributed by atoms with E-state index >= 15 is 0 Å². The number of rotatable bonds is 6. The average molecular weight is 427 g/mol. The van der Waals surface area contributed by atoms with Gasteiger partial charge in [-0.15, -0.1) is 0 Å². The predicted octanol–water partition coefficient (Wildman–Crippen LogP) is 2.95. The molecule has 164 valence electrons. The molecule has 2 aromatic rings. The maximum absolute atomic E-state index is 12.2. The van der Waals surface area contributed by atoms with E-state index in [4.69, 9.17) is 14.2 Å². The molecule has 0 spiro atoms. The highest BCUT2D eigenvalue weighted by atomic mass is 16.6. The van der Waals surface area contributed by atoms with Crippen LogP contribution in [0.1, 0.15) is 25.0 Å². The van der Waals surface area contributed by atoms with Gasteiger partial charge >= 0.3 is 11.8 Å². The van der Waals surface area contributed by atoms with Gasteiger partial charge in [-0.2, -0.15) is 0 Å². The van der Waals surface area contributed by atoms with Gasteiger partial charge in [0, 0.05) is 37.2 Å². The van der Waals surface area contributed by atoms with Crippen molar-refractivity contribution in [1.82, 2.24) is 10.6 Å². The van der Waals surface area contributed by atoms with Crippen LogP contribution in [-0.4, -0.2) is 41.9 Å². The third-order valence-corrected chi connectivity index (χ3v) is 5.29. The Morgan fingerprint density at radius 1 is 1.29 bits per heavy atom. The van der Waals surface area contributed by atoms with Crippen molar-refractivity contribution in [2.75, 3.05) is 13.1 Å². The summed E-state index contributed by atoms with van der Waals surface area (Å²) in [6, 6.07) is 12.1. The molecule has 1 saturated heterocycles. The Balaban J connectivity index is 1.43. The first-order valence-electron chi connectivity index (χ1n) is 10.2. The summed E-state index contributed by atoms with van der Waals surface area (Å²) in [6.45, 7) is 4.92. The van der Waals surface area contributed by atoms with Gasteiger partial charge in [0.1, 0.15) is 24.1 Å². The Hall–Kier alpha value is -3.33. The summed E-state index contributed by atoms with van der Waals surface area (Å²) in [7, 11) is 0. The lowest BCUT2D eigenvalue weighted by molar-refractivity contribution is -0.386. The topological polar surface area (TPSA) is 112 Å². The lowest BCUT2D eigenvalue weighted by Crippen LogP contribution is -2.45. The second-order valence-electron chi connectivity index (χ2n) is 8.35. The van der Waals surface area contributed by atoms with Crippen LogP contribution in [0, 0.1) is 10.1 Å². The van der Waals surface area contributed by atoms with Gasteiger partial charge < -0.3 is 24.8 Å². The zero-order valence-corrected chi connectivity index (χ0v) is 17.4. The molecule has 2 aliphatic heterocycles. The first kappa shape index (κ1) is 20.9. The Kier molecular flexibility index (Phi) is 5.69. The van der Waals surface area contributed by atoms with Crippen molar-refractivity contribution in [2.45, 2.75) is 44.6 Å². The number of nitrogens with one attached hydrogen (secondary N) is 2. The van der Waals surface area contributed by atoms with Crippen LogP contribution in [0.25, 0.3) is 0 Å². The van der Waals surface area contributed by atoms with Crippen molar-refractivity contribution in [3.05, 3.63) is 63.7 Å². The predicted molar refractivity (Wildman–Crippen MR) is 112 cm³/mol. The van der Waals surface area contributed by atoms with E-state index in [1.807, 2.05) is 44.2 Å². The molecule has 2 aromatic carbocycles. The van der Waals surface area contributed by atoms with Crippen molar-refractivity contribution in [3.63, 3.8) is 0 Å². The first-order chi connectivity index (χ1) is 14.8. The number of amides is 1. The fourth-order valence-corrected chi connectivity index (χ4v) is 3.86. The molecule has 0 radical (unpaired) electrons. The molecule has 0 aromatic heterocycles. The number of carbonyl (C=O) groups is 1. The molecular formula is C22H25N3O6. The summed E-state index contributed by atoms with van der Waals surface area (Å²) in [5.41, 5.74) is 1.13. The number of hydrogen-bond acceptors (Lipinski definition) is 7. The quantitative estimate of drug-likeness (QED) is 0.538. The molecule has 0 aliphatic carbocycles. The van der Waals surface area contributed by atoms with Crippen LogP contribution in [0.15, 0.2) is 42.5 Å². The van der Waals surface area contributed by atoms with E-state index < -0.39 is 28.8 Å². The molecule has 1 amide bonds. The molecule has 0 bridgehead atoms. The van der Waals surface area contributed by atoms with Crippen LogP contribution in [0.3, 0.4) is 0 Å². The normalized spacial score (nSPS) is 21.1. The van der Waals surface area contributed by atoms with Crippen LogP contribution < -0.4 is 20.1 Å². The summed E-state index contributed by atoms with van der Waals surface area (Å²) < 4.78 is 17.1. The number of nitro benzene ring substituents is 1. The Morgan fingerprint density at radius 2 is 2.06 bits per heavy atom. The van der Waals surface area contributed by atoms with Gasteiger partial charge in [0.05, 0.1) is 11.0 Å². The molecule has 31 heavy (non-hydrogen) atoms. The fourth-order valence-electron chi connectivity index (χ4n) is 3.86. The number of ether oxygens (including phenoxy) is 3. The number of nitrogens with zero attached hydrogens (tertiary/aromatic N) is 1. The van der Waals surface area contributed by atoms with E-state index in [0.29, 0.717) is 25.3 Å². The van der Waals surface area contributed by atoms with E-state index in [9.17, 15) is 14.9 Å². The van der Waals surface area contributed by atoms with Crippen LogP contribution in [-0.2, 0) is 17.8 Å². The Bertz CT molecular complexity index is 979. The molecule has 2 atom stereocenters. The maximum Gasteiger partial charge on any atom is 0.407 e. The van der Waals surface area contributed by atoms with Crippen molar-refractivity contribution in [2.24, 2.45) is 0 Å². The molecule has 1 fully saturated rings. The highest BCUT2D eigenvalue weighted by Gasteiger charge is 2.36. The van der Waals surface area contributed by atoms with E-state index in [1.54, 1.807) is 6.07 Å². The fraction of sp³-hybridized carbons (Fsp3) is 0.409. The zero-order valence-electron chi connectivity index (χ0n) is 17.4. The smallest absolute Gasteiger partial charge is 0.407 e. The maximum atomic E-state index is 12.2. The number of alkyl carbamates (subject to hydrolysis) is 1. The second-order valence-corrected chi connectivity index (χ2v) is 8.35. The molecule has 9 heteroatoms. The van der Waals surface area contributed by atoms with Crippen LogP contribution >= 0.6 is 0 Å². The first-order valence-corrected chi connectivity index (χ1v) is 10.2. The molecule has 2 unspecified atom stereocenters. The Labute approximate surface area is 179 Å². The van der Waals surface area contributed by atoms with E-state index in [0.717, 1.165) is 11.1 Å². The number of carbonyl (C=O) groups excluding carboxylic acids is 1. The zero-order chi connectivity index (χ0) is 22.0. The molecule has 9 nitrogen and oxygen atoms in total. The summed E-state index contributed by atoms with van der Waals surface area (Å²) in [5.74, 6) is 0.711. The number of fused-ring (bicyclic) bond motifs is 1. The van der Waals surface area contributed by atoms with Gasteiger partial charge in [-0.05, 0) is 19.4 Å². The van der Waals surface area contributed by atoms with Crippen LogP contribution in [0.2, 0.25) is 0 Å². The van der Waals surface area contributed by atoms with Crippen molar-refractivity contribution in [3.8, 4) is 11.5 Å².